The molecule has 6 heteroatoms. The number of halogens is 1. The summed E-state index contributed by atoms with van der Waals surface area (Å²) >= 11 is 2.16. The van der Waals surface area contributed by atoms with Crippen LogP contribution in [-0.2, 0) is 0 Å². The molecular weight excluding hydrogens is 395 g/mol. The molecule has 0 heterocycles. The van der Waals surface area contributed by atoms with Crippen LogP contribution in [0.3, 0.4) is 0 Å². The number of ether oxygens (including phenoxy) is 2. The molecule has 0 radical (unpaired) electrons. The van der Waals surface area contributed by atoms with Gasteiger partial charge in [0, 0.05) is 5.56 Å². The lowest BCUT2D eigenvalue weighted by atomic mass is 10.2. The number of hydrogen-bond acceptors (Lipinski definition) is 4. The second-order valence-electron chi connectivity index (χ2n) is 4.30. The quantitative estimate of drug-likeness (QED) is 0.468. The molecule has 0 fully saturated rings. The lowest BCUT2D eigenvalue weighted by Gasteiger charge is -2.10. The van der Waals surface area contributed by atoms with Gasteiger partial charge in [0.15, 0.2) is 11.5 Å². The van der Waals surface area contributed by atoms with Crippen LogP contribution in [0, 0.1) is 3.57 Å². The second-order valence-corrected chi connectivity index (χ2v) is 5.47. The highest BCUT2D eigenvalue weighted by Gasteiger charge is 2.09. The van der Waals surface area contributed by atoms with Crippen molar-refractivity contribution >= 4 is 34.7 Å². The summed E-state index contributed by atoms with van der Waals surface area (Å²) in [5, 5.41) is 3.97. The summed E-state index contributed by atoms with van der Waals surface area (Å²) in [5.41, 5.74) is 3.85. The minimum absolute atomic E-state index is 0.257. The third-order valence-electron chi connectivity index (χ3n) is 2.87. The van der Waals surface area contributed by atoms with Crippen molar-refractivity contribution in [1.29, 1.82) is 0 Å². The number of nitrogens with zero attached hydrogens (tertiary/aromatic N) is 1. The first-order valence-electron chi connectivity index (χ1n) is 6.45. The molecule has 0 aliphatic rings. The number of benzene rings is 2. The van der Waals surface area contributed by atoms with E-state index >= 15 is 0 Å². The molecule has 0 saturated carbocycles. The molecule has 2 aromatic rings. The number of rotatable bonds is 5. The zero-order chi connectivity index (χ0) is 15.9. The molecular formula is C16H15IN2O3. The van der Waals surface area contributed by atoms with Crippen LogP contribution in [0.5, 0.6) is 11.5 Å². The van der Waals surface area contributed by atoms with Gasteiger partial charge in [-0.3, -0.25) is 4.79 Å². The summed E-state index contributed by atoms with van der Waals surface area (Å²) < 4.78 is 11.4. The number of hydrogen-bond donors (Lipinski definition) is 1. The van der Waals surface area contributed by atoms with Gasteiger partial charge < -0.3 is 9.47 Å². The van der Waals surface area contributed by atoms with Crippen molar-refractivity contribution in [2.75, 3.05) is 14.2 Å². The van der Waals surface area contributed by atoms with Gasteiger partial charge in [0.1, 0.15) is 0 Å². The van der Waals surface area contributed by atoms with E-state index < -0.39 is 0 Å². The number of methoxy groups -OCH3 is 2. The number of hydrazone groups is 1. The smallest absolute Gasteiger partial charge is 0.271 e. The van der Waals surface area contributed by atoms with Gasteiger partial charge in [-0.25, -0.2) is 5.43 Å². The summed E-state index contributed by atoms with van der Waals surface area (Å²) in [6, 6.07) is 12.6. The zero-order valence-electron chi connectivity index (χ0n) is 12.2. The molecule has 0 unspecified atom stereocenters. The molecule has 114 valence electrons. The average Bonchev–Trinajstić information content (AvgIpc) is 2.55. The molecule has 2 aromatic carbocycles. The van der Waals surface area contributed by atoms with Gasteiger partial charge in [-0.2, -0.15) is 5.10 Å². The molecule has 0 aliphatic heterocycles. The van der Waals surface area contributed by atoms with E-state index in [0.717, 1.165) is 9.13 Å². The predicted molar refractivity (Wildman–Crippen MR) is 93.8 cm³/mol. The molecule has 1 N–H and O–H groups in total. The Labute approximate surface area is 142 Å². The highest BCUT2D eigenvalue weighted by molar-refractivity contribution is 14.1. The van der Waals surface area contributed by atoms with Crippen LogP contribution in [0.25, 0.3) is 0 Å². The number of nitrogens with one attached hydrogen (secondary N) is 1. The number of amides is 1. The van der Waals surface area contributed by atoms with E-state index in [1.165, 1.54) is 0 Å². The SMILES string of the molecule is COc1cc(/C=N\NC(=O)c2ccccc2)cc(I)c1OC. The average molecular weight is 410 g/mol. The fourth-order valence-electron chi connectivity index (χ4n) is 1.83. The maximum Gasteiger partial charge on any atom is 0.271 e. The first-order chi connectivity index (χ1) is 10.7. The number of carbonyl (C=O) groups is 1. The van der Waals surface area contributed by atoms with Crippen LogP contribution < -0.4 is 14.9 Å². The van der Waals surface area contributed by atoms with E-state index in [0.29, 0.717) is 17.1 Å². The fraction of sp³-hybridized carbons (Fsp3) is 0.125. The van der Waals surface area contributed by atoms with E-state index in [1.807, 2.05) is 12.1 Å². The molecule has 2 rings (SSSR count). The minimum Gasteiger partial charge on any atom is -0.493 e. The molecule has 0 atom stereocenters. The monoisotopic (exact) mass is 410 g/mol. The topological polar surface area (TPSA) is 59.9 Å². The van der Waals surface area contributed by atoms with Crippen LogP contribution in [-0.4, -0.2) is 26.3 Å². The molecule has 0 bridgehead atoms. The third-order valence-corrected chi connectivity index (χ3v) is 3.67. The third kappa shape index (κ3) is 3.97. The van der Waals surface area contributed by atoms with Gasteiger partial charge >= 0.3 is 0 Å². The second kappa shape index (κ2) is 7.79. The van der Waals surface area contributed by atoms with Crippen LogP contribution in [0.15, 0.2) is 47.6 Å². The highest BCUT2D eigenvalue weighted by Crippen LogP contribution is 2.32. The summed E-state index contributed by atoms with van der Waals surface area (Å²) in [6.07, 6.45) is 1.56. The molecule has 0 spiro atoms. The van der Waals surface area contributed by atoms with E-state index in [9.17, 15) is 4.79 Å². The molecule has 0 saturated heterocycles. The maximum atomic E-state index is 11.9. The largest absolute Gasteiger partial charge is 0.493 e. The standard InChI is InChI=1S/C16H15IN2O3/c1-21-14-9-11(8-13(17)15(14)22-2)10-18-19-16(20)12-6-4-3-5-7-12/h3-10H,1-2H3,(H,19,20)/b18-10-. The first kappa shape index (κ1) is 16.3. The minimum atomic E-state index is -0.257. The van der Waals surface area contributed by atoms with Crippen molar-refractivity contribution in [3.05, 3.63) is 57.2 Å². The number of carbonyl (C=O) groups excluding carboxylic acids is 1. The van der Waals surface area contributed by atoms with E-state index in [4.69, 9.17) is 9.47 Å². The Hall–Kier alpha value is -2.09. The molecule has 22 heavy (non-hydrogen) atoms. The van der Waals surface area contributed by atoms with Crippen LogP contribution >= 0.6 is 22.6 Å². The Balaban J connectivity index is 2.10. The summed E-state index contributed by atoms with van der Waals surface area (Å²) in [5.74, 6) is 1.03. The van der Waals surface area contributed by atoms with E-state index in [1.54, 1.807) is 50.8 Å². The lowest BCUT2D eigenvalue weighted by Crippen LogP contribution is -2.17. The first-order valence-corrected chi connectivity index (χ1v) is 7.53. The van der Waals surface area contributed by atoms with Crippen molar-refractivity contribution < 1.29 is 14.3 Å². The Kier molecular flexibility index (Phi) is 5.76. The van der Waals surface area contributed by atoms with E-state index in [-0.39, 0.29) is 5.91 Å². The summed E-state index contributed by atoms with van der Waals surface area (Å²) in [7, 11) is 3.17. The van der Waals surface area contributed by atoms with Gasteiger partial charge in [-0.05, 0) is 52.4 Å². The Morgan fingerprint density at radius 2 is 1.91 bits per heavy atom. The highest BCUT2D eigenvalue weighted by atomic mass is 127. The molecule has 0 aliphatic carbocycles. The van der Waals surface area contributed by atoms with Gasteiger partial charge in [-0.15, -0.1) is 0 Å². The van der Waals surface area contributed by atoms with Crippen molar-refractivity contribution in [3.8, 4) is 11.5 Å². The van der Waals surface area contributed by atoms with Crippen molar-refractivity contribution in [2.45, 2.75) is 0 Å². The summed E-state index contributed by atoms with van der Waals surface area (Å²) in [6.45, 7) is 0. The summed E-state index contributed by atoms with van der Waals surface area (Å²) in [4.78, 5) is 11.9. The van der Waals surface area contributed by atoms with Crippen LogP contribution in [0.1, 0.15) is 15.9 Å². The van der Waals surface area contributed by atoms with Crippen molar-refractivity contribution in [1.82, 2.24) is 5.43 Å². The van der Waals surface area contributed by atoms with E-state index in [2.05, 4.69) is 33.1 Å². The fourth-order valence-corrected chi connectivity index (χ4v) is 2.68. The maximum absolute atomic E-state index is 11.9. The van der Waals surface area contributed by atoms with Crippen molar-refractivity contribution in [3.63, 3.8) is 0 Å². The Bertz CT molecular complexity index is 687. The molecule has 1 amide bonds. The lowest BCUT2D eigenvalue weighted by molar-refractivity contribution is 0.0955. The van der Waals surface area contributed by atoms with Gasteiger partial charge in [0.05, 0.1) is 24.0 Å². The molecule has 5 nitrogen and oxygen atoms in total. The Morgan fingerprint density at radius 1 is 1.18 bits per heavy atom. The van der Waals surface area contributed by atoms with Crippen LogP contribution in [0.4, 0.5) is 0 Å². The zero-order valence-corrected chi connectivity index (χ0v) is 14.3. The van der Waals surface area contributed by atoms with Gasteiger partial charge in [0.2, 0.25) is 0 Å². The van der Waals surface area contributed by atoms with Crippen molar-refractivity contribution in [2.24, 2.45) is 5.10 Å². The van der Waals surface area contributed by atoms with Gasteiger partial charge in [0.25, 0.3) is 5.91 Å². The van der Waals surface area contributed by atoms with Crippen LogP contribution in [0.2, 0.25) is 0 Å². The van der Waals surface area contributed by atoms with Gasteiger partial charge in [-0.1, -0.05) is 18.2 Å². The molecule has 0 aromatic heterocycles. The Morgan fingerprint density at radius 3 is 2.55 bits per heavy atom. The normalized spacial score (nSPS) is 10.5. The predicted octanol–water partition coefficient (Wildman–Crippen LogP) is 3.07.